The van der Waals surface area contributed by atoms with Crippen molar-refractivity contribution in [2.45, 2.75) is 0 Å². The van der Waals surface area contributed by atoms with Gasteiger partial charge < -0.3 is 9.64 Å². The molecule has 7 heteroatoms. The number of likely N-dealkylation sites (N-methyl/N-ethyl adjacent to an activating group) is 1. The average Bonchev–Trinajstić information content (AvgIpc) is 3.03. The van der Waals surface area contributed by atoms with Crippen molar-refractivity contribution in [3.63, 3.8) is 0 Å². The molecule has 1 aliphatic heterocycles. The number of fused-ring (bicyclic) bond motifs is 2. The Labute approximate surface area is 192 Å². The number of benzene rings is 3. The number of anilines is 1. The Morgan fingerprint density at radius 1 is 0.969 bits per heavy atom. The minimum atomic E-state index is -0.236. The first-order valence-electron chi connectivity index (χ1n) is 9.94. The molecule has 0 radical (unpaired) electrons. The van der Waals surface area contributed by atoms with Gasteiger partial charge in [-0.1, -0.05) is 40.2 Å². The highest BCUT2D eigenvalue weighted by Crippen LogP contribution is 2.38. The van der Waals surface area contributed by atoms with Crippen LogP contribution in [-0.4, -0.2) is 29.6 Å². The zero-order chi connectivity index (χ0) is 22.4. The average molecular weight is 488 g/mol. The Hall–Kier alpha value is -3.71. The van der Waals surface area contributed by atoms with Crippen LogP contribution in [0.15, 0.2) is 76.0 Å². The third kappa shape index (κ3) is 3.13. The Kier molecular flexibility index (Phi) is 4.90. The van der Waals surface area contributed by atoms with E-state index in [1.165, 1.54) is 4.57 Å². The number of hydrogen-bond acceptors (Lipinski definition) is 4. The molecule has 0 bridgehead atoms. The van der Waals surface area contributed by atoms with Gasteiger partial charge in [0.1, 0.15) is 11.6 Å². The zero-order valence-corrected chi connectivity index (χ0v) is 19.0. The lowest BCUT2D eigenvalue weighted by Gasteiger charge is -2.15. The summed E-state index contributed by atoms with van der Waals surface area (Å²) in [6.45, 7) is 0. The molecule has 1 aliphatic rings. The lowest BCUT2D eigenvalue weighted by molar-refractivity contribution is -0.112. The van der Waals surface area contributed by atoms with E-state index < -0.39 is 0 Å². The molecule has 0 N–H and O–H groups in total. The Bertz CT molecular complexity index is 1490. The molecule has 1 amide bonds. The van der Waals surface area contributed by atoms with Gasteiger partial charge in [-0.15, -0.1) is 0 Å². The van der Waals surface area contributed by atoms with Crippen LogP contribution in [0, 0.1) is 0 Å². The molecule has 32 heavy (non-hydrogen) atoms. The van der Waals surface area contributed by atoms with Gasteiger partial charge in [0.15, 0.2) is 0 Å². The van der Waals surface area contributed by atoms with E-state index in [0.717, 1.165) is 15.7 Å². The van der Waals surface area contributed by atoms with Crippen molar-refractivity contribution in [1.29, 1.82) is 0 Å². The van der Waals surface area contributed by atoms with Crippen molar-refractivity contribution in [1.82, 2.24) is 9.55 Å². The van der Waals surface area contributed by atoms with Gasteiger partial charge in [-0.2, -0.15) is 0 Å². The van der Waals surface area contributed by atoms with E-state index in [0.29, 0.717) is 33.7 Å². The van der Waals surface area contributed by atoms with E-state index in [2.05, 4.69) is 15.9 Å². The summed E-state index contributed by atoms with van der Waals surface area (Å²) in [6, 6.07) is 20.1. The third-order valence-corrected chi connectivity index (χ3v) is 6.04. The summed E-state index contributed by atoms with van der Waals surface area (Å²) < 4.78 is 7.87. The first-order chi connectivity index (χ1) is 15.5. The third-order valence-electron chi connectivity index (χ3n) is 5.55. The standard InChI is InChI=1S/C25H18BrN3O3/c1-28-20-12-11-15(26)13-17(20)18(24(28)30)14-23-27-19-8-4-3-7-16(19)25(31)29(23)21-9-5-6-10-22(21)32-2/h3-14H,1-2H3/b18-14+. The van der Waals surface area contributed by atoms with Crippen LogP contribution >= 0.6 is 15.9 Å². The maximum atomic E-state index is 13.6. The minimum Gasteiger partial charge on any atom is -0.495 e. The molecule has 158 valence electrons. The molecule has 0 saturated heterocycles. The molecule has 5 rings (SSSR count). The largest absolute Gasteiger partial charge is 0.495 e. The molecule has 0 spiro atoms. The zero-order valence-electron chi connectivity index (χ0n) is 17.4. The fourth-order valence-electron chi connectivity index (χ4n) is 3.98. The summed E-state index contributed by atoms with van der Waals surface area (Å²) in [4.78, 5) is 33.0. The molecular weight excluding hydrogens is 470 g/mol. The first-order valence-corrected chi connectivity index (χ1v) is 10.7. The number of carbonyl (C=O) groups is 1. The van der Waals surface area contributed by atoms with Crippen LogP contribution in [0.25, 0.3) is 28.2 Å². The topological polar surface area (TPSA) is 64.4 Å². The van der Waals surface area contributed by atoms with Crippen molar-refractivity contribution >= 4 is 50.1 Å². The maximum Gasteiger partial charge on any atom is 0.266 e. The number of amides is 1. The second kappa shape index (κ2) is 7.76. The minimum absolute atomic E-state index is 0.160. The Balaban J connectivity index is 1.85. The van der Waals surface area contributed by atoms with E-state index in [9.17, 15) is 9.59 Å². The predicted molar refractivity (Wildman–Crippen MR) is 129 cm³/mol. The monoisotopic (exact) mass is 487 g/mol. The molecule has 0 atom stereocenters. The number of carbonyl (C=O) groups excluding carboxylic acids is 1. The second-order valence-electron chi connectivity index (χ2n) is 7.38. The van der Waals surface area contributed by atoms with Gasteiger partial charge >= 0.3 is 0 Å². The van der Waals surface area contributed by atoms with Gasteiger partial charge in [0.2, 0.25) is 0 Å². The predicted octanol–water partition coefficient (Wildman–Crippen LogP) is 4.67. The van der Waals surface area contributed by atoms with Crippen molar-refractivity contribution < 1.29 is 9.53 Å². The Morgan fingerprint density at radius 3 is 2.53 bits per heavy atom. The molecule has 1 aromatic heterocycles. The summed E-state index contributed by atoms with van der Waals surface area (Å²) in [6.07, 6.45) is 1.68. The SMILES string of the molecule is COc1ccccc1-n1c(/C=C2/C(=O)N(C)c3ccc(Br)cc32)nc2ccccc2c1=O. The van der Waals surface area contributed by atoms with E-state index in [-0.39, 0.29) is 11.5 Å². The number of nitrogens with zero attached hydrogens (tertiary/aromatic N) is 3. The molecule has 4 aromatic rings. The molecule has 3 aromatic carbocycles. The van der Waals surface area contributed by atoms with Crippen molar-refractivity contribution in [3.8, 4) is 11.4 Å². The lowest BCUT2D eigenvalue weighted by Crippen LogP contribution is -2.24. The number of halogens is 1. The van der Waals surface area contributed by atoms with E-state index in [1.54, 1.807) is 55.5 Å². The smallest absolute Gasteiger partial charge is 0.266 e. The first kappa shape index (κ1) is 20.2. The second-order valence-corrected chi connectivity index (χ2v) is 8.30. The van der Waals surface area contributed by atoms with E-state index in [1.807, 2.05) is 36.4 Å². The van der Waals surface area contributed by atoms with Gasteiger partial charge in [0, 0.05) is 17.1 Å². The van der Waals surface area contributed by atoms with Crippen molar-refractivity contribution in [2.24, 2.45) is 0 Å². The van der Waals surface area contributed by atoms with Crippen LogP contribution in [0.5, 0.6) is 5.75 Å². The van der Waals surface area contributed by atoms with Crippen LogP contribution in [0.3, 0.4) is 0 Å². The number of rotatable bonds is 3. The lowest BCUT2D eigenvalue weighted by atomic mass is 10.1. The highest BCUT2D eigenvalue weighted by molar-refractivity contribution is 9.10. The van der Waals surface area contributed by atoms with Crippen LogP contribution in [0.4, 0.5) is 5.69 Å². The quantitative estimate of drug-likeness (QED) is 0.393. The van der Waals surface area contributed by atoms with Gasteiger partial charge in [-0.3, -0.25) is 14.2 Å². The van der Waals surface area contributed by atoms with Crippen LogP contribution < -0.4 is 15.2 Å². The highest BCUT2D eigenvalue weighted by Gasteiger charge is 2.30. The number of aromatic nitrogens is 2. The van der Waals surface area contributed by atoms with Crippen LogP contribution in [0.2, 0.25) is 0 Å². The molecular formula is C25H18BrN3O3. The summed E-state index contributed by atoms with van der Waals surface area (Å²) in [7, 11) is 3.29. The number of hydrogen-bond donors (Lipinski definition) is 0. The van der Waals surface area contributed by atoms with Crippen molar-refractivity contribution in [3.05, 3.63) is 92.9 Å². The van der Waals surface area contributed by atoms with Gasteiger partial charge in [-0.05, 0) is 48.5 Å². The fraction of sp³-hybridized carbons (Fsp3) is 0.0800. The maximum absolute atomic E-state index is 13.6. The molecule has 2 heterocycles. The van der Waals surface area contributed by atoms with Crippen LogP contribution in [-0.2, 0) is 4.79 Å². The van der Waals surface area contributed by atoms with Gasteiger partial charge in [-0.25, -0.2) is 4.98 Å². The summed E-state index contributed by atoms with van der Waals surface area (Å²) in [5.41, 5.74) is 2.93. The molecule has 0 unspecified atom stereocenters. The Morgan fingerprint density at radius 2 is 1.72 bits per heavy atom. The normalized spacial score (nSPS) is 14.3. The number of ether oxygens (including phenoxy) is 1. The van der Waals surface area contributed by atoms with Gasteiger partial charge in [0.25, 0.3) is 11.5 Å². The van der Waals surface area contributed by atoms with Crippen molar-refractivity contribution in [2.75, 3.05) is 19.1 Å². The van der Waals surface area contributed by atoms with E-state index in [4.69, 9.17) is 9.72 Å². The fourth-order valence-corrected chi connectivity index (χ4v) is 4.35. The molecule has 0 fully saturated rings. The summed E-state index contributed by atoms with van der Waals surface area (Å²) in [5.74, 6) is 0.721. The van der Waals surface area contributed by atoms with Crippen LogP contribution in [0.1, 0.15) is 11.4 Å². The highest BCUT2D eigenvalue weighted by atomic mass is 79.9. The van der Waals surface area contributed by atoms with E-state index >= 15 is 0 Å². The van der Waals surface area contributed by atoms with Gasteiger partial charge in [0.05, 0.1) is 35.0 Å². The summed E-state index contributed by atoms with van der Waals surface area (Å²) >= 11 is 3.49. The summed E-state index contributed by atoms with van der Waals surface area (Å²) in [5, 5.41) is 0.485. The number of methoxy groups -OCH3 is 1. The molecule has 6 nitrogen and oxygen atoms in total. The number of para-hydroxylation sites is 3. The molecule has 0 saturated carbocycles. The molecule has 0 aliphatic carbocycles.